The Hall–Kier alpha value is -2.96. The van der Waals surface area contributed by atoms with Crippen molar-refractivity contribution in [3.05, 3.63) is 35.9 Å². The van der Waals surface area contributed by atoms with Gasteiger partial charge >= 0.3 is 0 Å². The third-order valence-electron chi connectivity index (χ3n) is 5.31. The van der Waals surface area contributed by atoms with Gasteiger partial charge in [0.25, 0.3) is 0 Å². The summed E-state index contributed by atoms with van der Waals surface area (Å²) in [6.07, 6.45) is 6.13. The van der Waals surface area contributed by atoms with E-state index in [-0.39, 0.29) is 0 Å². The first-order chi connectivity index (χ1) is 13.6. The fourth-order valence-corrected chi connectivity index (χ4v) is 4.71. The highest BCUT2D eigenvalue weighted by Crippen LogP contribution is 2.33. The maximum Gasteiger partial charge on any atom is 0.215 e. The van der Waals surface area contributed by atoms with E-state index in [0.717, 1.165) is 58.2 Å². The third kappa shape index (κ3) is 2.82. The highest BCUT2D eigenvalue weighted by molar-refractivity contribution is 7.20. The van der Waals surface area contributed by atoms with E-state index >= 15 is 0 Å². The van der Waals surface area contributed by atoms with Crippen molar-refractivity contribution in [2.24, 2.45) is 7.05 Å². The maximum absolute atomic E-state index is 7.47. The number of aryl methyl sites for hydroxylation is 1. The summed E-state index contributed by atoms with van der Waals surface area (Å²) in [4.78, 5) is 11.6. The SMILES string of the molecule is [C-]#[N+]c1cc(-c2cn3nc(N(C)C4CCNCC4)sc3n2)cc2cn(C)nc12. The molecule has 1 aliphatic heterocycles. The number of piperidine rings is 1. The van der Waals surface area contributed by atoms with Gasteiger partial charge in [0.15, 0.2) is 0 Å². The molecular formula is C19H20N8S. The van der Waals surface area contributed by atoms with E-state index in [0.29, 0.717) is 11.7 Å². The van der Waals surface area contributed by atoms with Crippen molar-refractivity contribution in [3.8, 4) is 11.3 Å². The first kappa shape index (κ1) is 17.2. The van der Waals surface area contributed by atoms with E-state index in [2.05, 4.69) is 27.2 Å². The molecule has 0 saturated carbocycles. The van der Waals surface area contributed by atoms with Crippen LogP contribution in [-0.2, 0) is 7.05 Å². The van der Waals surface area contributed by atoms with Crippen LogP contribution in [0.3, 0.4) is 0 Å². The zero-order valence-corrected chi connectivity index (χ0v) is 16.6. The maximum atomic E-state index is 7.47. The minimum Gasteiger partial charge on any atom is -0.347 e. The fraction of sp³-hybridized carbons (Fsp3) is 0.368. The molecule has 5 rings (SSSR count). The van der Waals surface area contributed by atoms with Crippen molar-refractivity contribution < 1.29 is 0 Å². The summed E-state index contributed by atoms with van der Waals surface area (Å²) in [5.41, 5.74) is 3.01. The molecule has 0 radical (unpaired) electrons. The molecule has 4 heterocycles. The Labute approximate surface area is 166 Å². The van der Waals surface area contributed by atoms with E-state index in [4.69, 9.17) is 16.7 Å². The zero-order chi connectivity index (χ0) is 19.3. The topological polar surface area (TPSA) is 67.6 Å². The molecule has 1 fully saturated rings. The summed E-state index contributed by atoms with van der Waals surface area (Å²) < 4.78 is 3.58. The lowest BCUT2D eigenvalue weighted by atomic mass is 10.1. The van der Waals surface area contributed by atoms with Crippen molar-refractivity contribution in [3.63, 3.8) is 0 Å². The second kappa shape index (κ2) is 6.58. The Balaban J connectivity index is 1.50. The predicted octanol–water partition coefficient (Wildman–Crippen LogP) is 3.08. The second-order valence-corrected chi connectivity index (χ2v) is 8.11. The van der Waals surface area contributed by atoms with Gasteiger partial charge in [-0.1, -0.05) is 11.3 Å². The number of hydrogen-bond acceptors (Lipinski definition) is 6. The van der Waals surface area contributed by atoms with Gasteiger partial charge in [0.05, 0.1) is 24.0 Å². The van der Waals surface area contributed by atoms with Crippen molar-refractivity contribution in [1.82, 2.24) is 29.7 Å². The van der Waals surface area contributed by atoms with Crippen LogP contribution in [0.5, 0.6) is 0 Å². The van der Waals surface area contributed by atoms with Gasteiger partial charge in [0.2, 0.25) is 15.8 Å². The Kier molecular flexibility index (Phi) is 4.03. The van der Waals surface area contributed by atoms with Crippen LogP contribution < -0.4 is 10.2 Å². The van der Waals surface area contributed by atoms with Crippen LogP contribution in [0.1, 0.15) is 12.8 Å². The van der Waals surface area contributed by atoms with Crippen LogP contribution in [0.2, 0.25) is 0 Å². The van der Waals surface area contributed by atoms with Crippen molar-refractivity contribution in [1.29, 1.82) is 0 Å². The number of nitrogens with zero attached hydrogens (tertiary/aromatic N) is 7. The molecule has 142 valence electrons. The van der Waals surface area contributed by atoms with E-state index in [1.54, 1.807) is 16.0 Å². The number of imidazole rings is 1. The number of hydrogen-bond donors (Lipinski definition) is 1. The van der Waals surface area contributed by atoms with Crippen LogP contribution in [-0.4, -0.2) is 50.6 Å². The van der Waals surface area contributed by atoms with Gasteiger partial charge in [-0.2, -0.15) is 5.10 Å². The molecule has 1 N–H and O–H groups in total. The Bertz CT molecular complexity index is 1170. The molecule has 9 heteroatoms. The molecule has 28 heavy (non-hydrogen) atoms. The monoisotopic (exact) mass is 392 g/mol. The molecule has 3 aromatic heterocycles. The van der Waals surface area contributed by atoms with Crippen molar-refractivity contribution in [2.75, 3.05) is 25.0 Å². The van der Waals surface area contributed by atoms with Crippen LogP contribution >= 0.6 is 11.3 Å². The van der Waals surface area contributed by atoms with Crippen LogP contribution in [0.25, 0.3) is 32.0 Å². The van der Waals surface area contributed by atoms with Crippen LogP contribution in [0.4, 0.5) is 10.8 Å². The van der Waals surface area contributed by atoms with Gasteiger partial charge in [-0.3, -0.25) is 4.68 Å². The Morgan fingerprint density at radius 3 is 2.82 bits per heavy atom. The summed E-state index contributed by atoms with van der Waals surface area (Å²) in [5, 5.41) is 14.5. The molecule has 0 unspecified atom stereocenters. The molecule has 0 amide bonds. The molecule has 0 atom stereocenters. The normalized spacial score (nSPS) is 15.3. The molecule has 4 aromatic rings. The van der Waals surface area contributed by atoms with E-state index in [1.807, 2.05) is 36.1 Å². The molecule has 0 spiro atoms. The van der Waals surface area contributed by atoms with Gasteiger partial charge in [-0.25, -0.2) is 14.3 Å². The molecule has 0 bridgehead atoms. The number of benzene rings is 1. The standard InChI is InChI=1S/C19H20N8S/c1-20-15-9-12(8-13-10-25(2)23-17(13)15)16-11-27-18(22-16)28-19(24-27)26(3)14-4-6-21-7-5-14/h8-11,14,21H,4-7H2,2-3H3. The predicted molar refractivity (Wildman–Crippen MR) is 111 cm³/mol. The Morgan fingerprint density at radius 1 is 1.25 bits per heavy atom. The molecule has 0 aliphatic carbocycles. The molecule has 8 nitrogen and oxygen atoms in total. The summed E-state index contributed by atoms with van der Waals surface area (Å²) in [6, 6.07) is 4.41. The minimum atomic E-state index is 0.519. The van der Waals surface area contributed by atoms with Crippen LogP contribution in [0, 0.1) is 6.57 Å². The third-order valence-corrected chi connectivity index (χ3v) is 6.32. The quantitative estimate of drug-likeness (QED) is 0.543. The minimum absolute atomic E-state index is 0.519. The largest absolute Gasteiger partial charge is 0.347 e. The van der Waals surface area contributed by atoms with Gasteiger partial charge in [-0.15, -0.1) is 5.10 Å². The van der Waals surface area contributed by atoms with Crippen molar-refractivity contribution in [2.45, 2.75) is 18.9 Å². The average Bonchev–Trinajstić information content (AvgIpc) is 3.39. The number of rotatable bonds is 3. The first-order valence-corrected chi connectivity index (χ1v) is 10.1. The number of aromatic nitrogens is 5. The summed E-state index contributed by atoms with van der Waals surface area (Å²) in [6.45, 7) is 9.59. The first-order valence-electron chi connectivity index (χ1n) is 9.27. The zero-order valence-electron chi connectivity index (χ0n) is 15.8. The average molecular weight is 392 g/mol. The number of nitrogens with one attached hydrogen (secondary N) is 1. The lowest BCUT2D eigenvalue weighted by Gasteiger charge is -2.30. The fourth-order valence-electron chi connectivity index (χ4n) is 3.79. The number of fused-ring (bicyclic) bond motifs is 2. The molecule has 1 aliphatic rings. The summed E-state index contributed by atoms with van der Waals surface area (Å²) >= 11 is 1.60. The van der Waals surface area contributed by atoms with E-state index in [9.17, 15) is 0 Å². The van der Waals surface area contributed by atoms with Gasteiger partial charge in [0.1, 0.15) is 0 Å². The summed E-state index contributed by atoms with van der Waals surface area (Å²) in [5.74, 6) is 0. The van der Waals surface area contributed by atoms with E-state index < -0.39 is 0 Å². The highest BCUT2D eigenvalue weighted by atomic mass is 32.1. The lowest BCUT2D eigenvalue weighted by molar-refractivity contribution is 0.442. The highest BCUT2D eigenvalue weighted by Gasteiger charge is 2.22. The van der Waals surface area contributed by atoms with Crippen molar-refractivity contribution >= 4 is 38.0 Å². The smallest absolute Gasteiger partial charge is 0.215 e. The Morgan fingerprint density at radius 2 is 2.07 bits per heavy atom. The molecule has 1 saturated heterocycles. The van der Waals surface area contributed by atoms with Gasteiger partial charge < -0.3 is 10.2 Å². The van der Waals surface area contributed by atoms with Crippen LogP contribution in [0.15, 0.2) is 24.5 Å². The van der Waals surface area contributed by atoms with Gasteiger partial charge in [-0.05, 0) is 43.6 Å². The second-order valence-electron chi connectivity index (χ2n) is 7.18. The van der Waals surface area contributed by atoms with E-state index in [1.165, 1.54) is 0 Å². The molecule has 1 aromatic carbocycles. The molecular weight excluding hydrogens is 372 g/mol. The van der Waals surface area contributed by atoms with Gasteiger partial charge in [0, 0.05) is 31.7 Å². The lowest BCUT2D eigenvalue weighted by Crippen LogP contribution is -2.41. The number of anilines is 1. The summed E-state index contributed by atoms with van der Waals surface area (Å²) in [7, 11) is 3.98.